The Balaban J connectivity index is 1.82. The fourth-order valence-electron chi connectivity index (χ4n) is 2.29. The van der Waals surface area contributed by atoms with Gasteiger partial charge in [-0.15, -0.1) is 10.2 Å². The van der Waals surface area contributed by atoms with Crippen molar-refractivity contribution in [1.82, 2.24) is 10.2 Å². The van der Waals surface area contributed by atoms with Crippen molar-refractivity contribution < 1.29 is 0 Å². The van der Waals surface area contributed by atoms with Crippen molar-refractivity contribution in [3.8, 4) is 11.3 Å². The average Bonchev–Trinajstić information content (AvgIpc) is 2.38. The lowest BCUT2D eigenvalue weighted by molar-refractivity contribution is 0.420. The number of hydrogen-bond acceptors (Lipinski definition) is 3. The van der Waals surface area contributed by atoms with Gasteiger partial charge in [0.1, 0.15) is 5.82 Å². The maximum Gasteiger partial charge on any atom is 0.148 e. The Morgan fingerprint density at radius 1 is 1.00 bits per heavy atom. The van der Waals surface area contributed by atoms with E-state index in [9.17, 15) is 0 Å². The van der Waals surface area contributed by atoms with Gasteiger partial charge in [0, 0.05) is 12.6 Å². The molecule has 1 heterocycles. The van der Waals surface area contributed by atoms with E-state index in [1.165, 1.54) is 24.8 Å². The van der Waals surface area contributed by atoms with Crippen LogP contribution in [0.15, 0.2) is 36.4 Å². The summed E-state index contributed by atoms with van der Waals surface area (Å²) >= 11 is 0. The van der Waals surface area contributed by atoms with Crippen LogP contribution >= 0.6 is 0 Å². The molecule has 92 valence electrons. The Kier molecular flexibility index (Phi) is 2.97. The monoisotopic (exact) mass is 239 g/mol. The molecule has 3 rings (SSSR count). The van der Waals surface area contributed by atoms with E-state index in [0.29, 0.717) is 0 Å². The fraction of sp³-hybridized carbons (Fsp3) is 0.333. The highest BCUT2D eigenvalue weighted by Gasteiger charge is 2.19. The molecule has 18 heavy (non-hydrogen) atoms. The summed E-state index contributed by atoms with van der Waals surface area (Å²) < 4.78 is 0. The molecule has 0 atom stereocenters. The zero-order valence-corrected chi connectivity index (χ0v) is 10.6. The molecule has 0 amide bonds. The molecule has 2 aromatic rings. The molecule has 1 aromatic carbocycles. The van der Waals surface area contributed by atoms with E-state index >= 15 is 0 Å². The largest absolute Gasteiger partial charge is 0.372 e. The van der Waals surface area contributed by atoms with Gasteiger partial charge in [0.25, 0.3) is 0 Å². The molecule has 1 saturated carbocycles. The van der Waals surface area contributed by atoms with Crippen LogP contribution in [0.3, 0.4) is 0 Å². The van der Waals surface area contributed by atoms with Gasteiger partial charge >= 0.3 is 0 Å². The highest BCUT2D eigenvalue weighted by atomic mass is 15.2. The smallest absolute Gasteiger partial charge is 0.148 e. The third-order valence-corrected chi connectivity index (χ3v) is 3.70. The summed E-state index contributed by atoms with van der Waals surface area (Å²) in [7, 11) is 1.84. The van der Waals surface area contributed by atoms with E-state index in [2.05, 4.69) is 39.8 Å². The van der Waals surface area contributed by atoms with Crippen molar-refractivity contribution in [2.45, 2.75) is 25.2 Å². The maximum absolute atomic E-state index is 4.22. The third-order valence-electron chi connectivity index (χ3n) is 3.70. The Bertz CT molecular complexity index is 512. The van der Waals surface area contributed by atoms with E-state index in [1.807, 2.05) is 19.2 Å². The molecular formula is C15H17N3. The Hall–Kier alpha value is -1.90. The topological polar surface area (TPSA) is 37.8 Å². The van der Waals surface area contributed by atoms with Gasteiger partial charge in [0.15, 0.2) is 0 Å². The first-order valence-electron chi connectivity index (χ1n) is 6.48. The van der Waals surface area contributed by atoms with Crippen molar-refractivity contribution >= 4 is 5.82 Å². The summed E-state index contributed by atoms with van der Waals surface area (Å²) in [6.45, 7) is 0. The fourth-order valence-corrected chi connectivity index (χ4v) is 2.29. The van der Waals surface area contributed by atoms with Crippen LogP contribution in [0.25, 0.3) is 11.3 Å². The van der Waals surface area contributed by atoms with Gasteiger partial charge in [-0.3, -0.25) is 0 Å². The minimum Gasteiger partial charge on any atom is -0.372 e. The standard InChI is InChI=1S/C15H17N3/c1-16-15-10-9-14(17-18-15)13-7-5-12(6-8-13)11-3-2-4-11/h5-11H,2-4H2,1H3,(H,16,18). The molecule has 1 fully saturated rings. The van der Waals surface area contributed by atoms with E-state index in [1.54, 1.807) is 0 Å². The molecular weight excluding hydrogens is 222 g/mol. The second kappa shape index (κ2) is 4.77. The third kappa shape index (κ3) is 2.08. The zero-order chi connectivity index (χ0) is 12.4. The van der Waals surface area contributed by atoms with Gasteiger partial charge in [-0.05, 0) is 36.5 Å². The molecule has 3 nitrogen and oxygen atoms in total. The number of nitrogens with one attached hydrogen (secondary N) is 1. The molecule has 1 aliphatic rings. The van der Waals surface area contributed by atoms with Crippen LogP contribution in [0.2, 0.25) is 0 Å². The SMILES string of the molecule is CNc1ccc(-c2ccc(C3CCC3)cc2)nn1. The van der Waals surface area contributed by atoms with Crippen LogP contribution in [0.1, 0.15) is 30.7 Å². The van der Waals surface area contributed by atoms with Gasteiger partial charge in [-0.1, -0.05) is 30.7 Å². The molecule has 0 aliphatic heterocycles. The van der Waals surface area contributed by atoms with Crippen molar-refractivity contribution in [2.75, 3.05) is 12.4 Å². The first-order valence-corrected chi connectivity index (χ1v) is 6.48. The lowest BCUT2D eigenvalue weighted by atomic mass is 9.80. The second-order valence-electron chi connectivity index (χ2n) is 4.80. The van der Waals surface area contributed by atoms with E-state index < -0.39 is 0 Å². The molecule has 1 aromatic heterocycles. The number of hydrogen-bond donors (Lipinski definition) is 1. The van der Waals surface area contributed by atoms with Crippen LogP contribution in [-0.2, 0) is 0 Å². The minimum absolute atomic E-state index is 0.789. The molecule has 1 N–H and O–H groups in total. The van der Waals surface area contributed by atoms with Gasteiger partial charge in [-0.2, -0.15) is 0 Å². The summed E-state index contributed by atoms with van der Waals surface area (Å²) in [6.07, 6.45) is 4.06. The summed E-state index contributed by atoms with van der Waals surface area (Å²) in [5.74, 6) is 1.58. The molecule has 0 saturated heterocycles. The predicted octanol–water partition coefficient (Wildman–Crippen LogP) is 3.45. The van der Waals surface area contributed by atoms with Gasteiger partial charge in [0.2, 0.25) is 0 Å². The summed E-state index contributed by atoms with van der Waals surface area (Å²) in [6, 6.07) is 12.7. The highest BCUT2D eigenvalue weighted by Crippen LogP contribution is 2.36. The first kappa shape index (κ1) is 11.2. The first-order chi connectivity index (χ1) is 8.86. The number of benzene rings is 1. The molecule has 3 heteroatoms. The number of nitrogens with zero attached hydrogens (tertiary/aromatic N) is 2. The van der Waals surface area contributed by atoms with Crippen LogP contribution < -0.4 is 5.32 Å². The zero-order valence-electron chi connectivity index (χ0n) is 10.6. The summed E-state index contributed by atoms with van der Waals surface area (Å²) in [5, 5.41) is 11.3. The van der Waals surface area contributed by atoms with Gasteiger partial charge < -0.3 is 5.32 Å². The van der Waals surface area contributed by atoms with Crippen LogP contribution in [-0.4, -0.2) is 17.2 Å². The van der Waals surface area contributed by atoms with Crippen LogP contribution in [0, 0.1) is 0 Å². The highest BCUT2D eigenvalue weighted by molar-refractivity contribution is 5.60. The average molecular weight is 239 g/mol. The summed E-state index contributed by atoms with van der Waals surface area (Å²) in [4.78, 5) is 0. The molecule has 0 unspecified atom stereocenters. The number of anilines is 1. The van der Waals surface area contributed by atoms with Gasteiger partial charge in [0.05, 0.1) is 5.69 Å². The Morgan fingerprint density at radius 2 is 1.78 bits per heavy atom. The van der Waals surface area contributed by atoms with Gasteiger partial charge in [-0.25, -0.2) is 0 Å². The van der Waals surface area contributed by atoms with Crippen molar-refractivity contribution in [3.63, 3.8) is 0 Å². The quantitative estimate of drug-likeness (QED) is 0.891. The second-order valence-corrected chi connectivity index (χ2v) is 4.80. The summed E-state index contributed by atoms with van der Waals surface area (Å²) in [5.41, 5.74) is 3.52. The number of rotatable bonds is 3. The van der Waals surface area contributed by atoms with Crippen LogP contribution in [0.5, 0.6) is 0 Å². The molecule has 1 aliphatic carbocycles. The Morgan fingerprint density at radius 3 is 2.28 bits per heavy atom. The van der Waals surface area contributed by atoms with E-state index in [4.69, 9.17) is 0 Å². The molecule has 0 radical (unpaired) electrons. The van der Waals surface area contributed by atoms with E-state index in [-0.39, 0.29) is 0 Å². The molecule has 0 bridgehead atoms. The van der Waals surface area contributed by atoms with E-state index in [0.717, 1.165) is 23.0 Å². The van der Waals surface area contributed by atoms with Crippen molar-refractivity contribution in [3.05, 3.63) is 42.0 Å². The lowest BCUT2D eigenvalue weighted by Gasteiger charge is -2.25. The Labute approximate surface area is 107 Å². The molecule has 0 spiro atoms. The van der Waals surface area contributed by atoms with Crippen molar-refractivity contribution in [1.29, 1.82) is 0 Å². The van der Waals surface area contributed by atoms with Crippen LogP contribution in [0.4, 0.5) is 5.82 Å². The predicted molar refractivity (Wildman–Crippen MR) is 73.6 cm³/mol. The normalized spacial score (nSPS) is 15.2. The lowest BCUT2D eigenvalue weighted by Crippen LogP contribution is -2.08. The number of aromatic nitrogens is 2. The van der Waals surface area contributed by atoms with Crippen molar-refractivity contribution in [2.24, 2.45) is 0 Å². The minimum atomic E-state index is 0.789. The maximum atomic E-state index is 4.22.